The van der Waals surface area contributed by atoms with Crippen LogP contribution in [0.2, 0.25) is 5.02 Å². The van der Waals surface area contributed by atoms with Gasteiger partial charge in [0.05, 0.1) is 35.6 Å². The lowest BCUT2D eigenvalue weighted by molar-refractivity contribution is -0.126. The molecule has 3 aromatic rings. The van der Waals surface area contributed by atoms with Gasteiger partial charge < -0.3 is 29.7 Å². The molecule has 12 heteroatoms. The highest BCUT2D eigenvalue weighted by atomic mass is 35.5. The van der Waals surface area contributed by atoms with E-state index in [9.17, 15) is 14.0 Å². The van der Waals surface area contributed by atoms with Crippen LogP contribution in [0.25, 0.3) is 10.9 Å². The maximum Gasteiger partial charge on any atom is 0.281 e. The Bertz CT molecular complexity index is 1250. The van der Waals surface area contributed by atoms with Crippen molar-refractivity contribution in [1.82, 2.24) is 20.1 Å². The van der Waals surface area contributed by atoms with Crippen LogP contribution < -0.4 is 20.1 Å². The Labute approximate surface area is 207 Å². The number of hydrogen-bond donors (Lipinski definition) is 2. The molecule has 0 spiro atoms. The van der Waals surface area contributed by atoms with E-state index >= 15 is 0 Å². The van der Waals surface area contributed by atoms with Crippen molar-refractivity contribution >= 4 is 53.5 Å². The Morgan fingerprint density at radius 3 is 2.89 bits per heavy atom. The lowest BCUT2D eigenvalue weighted by Gasteiger charge is -2.37. The number of amides is 1. The minimum Gasteiger partial charge on any atom is -0.493 e. The summed E-state index contributed by atoms with van der Waals surface area (Å²) in [5, 5.41) is 6.20. The predicted molar refractivity (Wildman–Crippen MR) is 133 cm³/mol. The fourth-order valence-electron chi connectivity index (χ4n) is 4.17. The molecule has 4 rings (SSSR count). The van der Waals surface area contributed by atoms with Gasteiger partial charge in [0.2, 0.25) is 5.91 Å². The van der Waals surface area contributed by atoms with E-state index in [4.69, 9.17) is 21.1 Å². The van der Waals surface area contributed by atoms with E-state index < -0.39 is 11.9 Å². The minimum absolute atomic E-state index is 0.00866. The van der Waals surface area contributed by atoms with E-state index in [0.717, 1.165) is 6.19 Å². The number of halogens is 2. The molecule has 0 aliphatic carbocycles. The maximum atomic E-state index is 14.5. The van der Waals surface area contributed by atoms with Gasteiger partial charge in [-0.2, -0.15) is 0 Å². The average molecular weight is 500 g/mol. The summed E-state index contributed by atoms with van der Waals surface area (Å²) < 4.78 is 26.3. The zero-order valence-electron chi connectivity index (χ0n) is 19.3. The van der Waals surface area contributed by atoms with Crippen LogP contribution >= 0.6 is 11.6 Å². The smallest absolute Gasteiger partial charge is 0.281 e. The van der Waals surface area contributed by atoms with Crippen molar-refractivity contribution in [1.29, 1.82) is 0 Å². The Morgan fingerprint density at radius 2 is 2.14 bits per heavy atom. The number of fused-ring (bicyclic) bond motifs is 1. The van der Waals surface area contributed by atoms with Crippen molar-refractivity contribution in [2.45, 2.75) is 25.0 Å². The second-order valence-corrected chi connectivity index (χ2v) is 8.43. The standard InChI is InChI=1S/C23H24BClFN5O4/c1-27-23(33)18-8-13(6-7-31(18)24-11-32)35-20-9-14-17(10-19(20)34-2)28-12-29-22(14)30-16-5-3-4-15(25)21(16)26/h3-5,9-13,18,24H,6-8H2,1-2H3,(H,27,33)(H,28,29,30)/t13-,18-/m1/s1. The fraction of sp³-hybridized carbons (Fsp3) is 0.304. The third kappa shape index (κ3) is 5.31. The quantitative estimate of drug-likeness (QED) is 0.360. The van der Waals surface area contributed by atoms with Crippen LogP contribution in [-0.2, 0) is 9.59 Å². The molecule has 2 heterocycles. The number of carbonyl (C=O) groups excluding carboxylic acids is 2. The first-order chi connectivity index (χ1) is 16.9. The Hall–Kier alpha value is -3.44. The second kappa shape index (κ2) is 10.9. The molecule has 2 N–H and O–H groups in total. The number of rotatable bonds is 8. The van der Waals surface area contributed by atoms with Crippen molar-refractivity contribution in [3.8, 4) is 11.5 Å². The molecule has 9 nitrogen and oxygen atoms in total. The normalized spacial score (nSPS) is 18.1. The summed E-state index contributed by atoms with van der Waals surface area (Å²) in [6.07, 6.45) is 2.88. The van der Waals surface area contributed by atoms with Crippen LogP contribution in [0.3, 0.4) is 0 Å². The van der Waals surface area contributed by atoms with Gasteiger partial charge in [-0.3, -0.25) is 4.79 Å². The van der Waals surface area contributed by atoms with Gasteiger partial charge in [-0.1, -0.05) is 17.7 Å². The van der Waals surface area contributed by atoms with Gasteiger partial charge in [-0.25, -0.2) is 14.4 Å². The van der Waals surface area contributed by atoms with Crippen molar-refractivity contribution in [2.75, 3.05) is 26.0 Å². The van der Waals surface area contributed by atoms with E-state index in [0.29, 0.717) is 47.6 Å². The van der Waals surface area contributed by atoms with Gasteiger partial charge in [-0.05, 0) is 31.2 Å². The molecule has 2 aromatic carbocycles. The van der Waals surface area contributed by atoms with E-state index in [1.807, 2.05) is 4.81 Å². The molecule has 35 heavy (non-hydrogen) atoms. The number of carbonyl (C=O) groups is 2. The van der Waals surface area contributed by atoms with Crippen molar-refractivity contribution in [2.24, 2.45) is 0 Å². The number of nitrogens with one attached hydrogen (secondary N) is 2. The Morgan fingerprint density at radius 1 is 1.31 bits per heavy atom. The molecule has 1 fully saturated rings. The lowest BCUT2D eigenvalue weighted by Crippen LogP contribution is -2.54. The van der Waals surface area contributed by atoms with Crippen molar-refractivity contribution in [3.05, 3.63) is 47.5 Å². The SMILES string of the molecule is CNC(=O)[C@H]1C[C@H](Oc2cc3c(Nc4cccc(Cl)c4F)ncnc3cc2OC)CCN1BC=O. The van der Waals surface area contributed by atoms with Crippen LogP contribution in [0.4, 0.5) is 15.9 Å². The molecule has 0 unspecified atom stereocenters. The van der Waals surface area contributed by atoms with Gasteiger partial charge in [-0.15, -0.1) is 0 Å². The van der Waals surface area contributed by atoms with E-state index in [2.05, 4.69) is 20.6 Å². The lowest BCUT2D eigenvalue weighted by atomic mass is 9.85. The molecular weight excluding hydrogens is 476 g/mol. The van der Waals surface area contributed by atoms with Gasteiger partial charge in [0.15, 0.2) is 17.3 Å². The van der Waals surface area contributed by atoms with Crippen molar-refractivity contribution < 1.29 is 23.5 Å². The molecule has 1 aliphatic heterocycles. The number of ether oxygens (including phenoxy) is 2. The Kier molecular flexibility index (Phi) is 7.67. The number of hydrogen-bond acceptors (Lipinski definition) is 8. The third-order valence-electron chi connectivity index (χ3n) is 5.94. The largest absolute Gasteiger partial charge is 0.493 e. The summed E-state index contributed by atoms with van der Waals surface area (Å²) in [6.45, 7) is 0.529. The highest BCUT2D eigenvalue weighted by molar-refractivity contribution is 6.64. The van der Waals surface area contributed by atoms with Gasteiger partial charge in [0.1, 0.15) is 18.2 Å². The molecule has 0 radical (unpaired) electrons. The van der Waals surface area contributed by atoms with Crippen LogP contribution in [0.5, 0.6) is 11.5 Å². The number of aromatic nitrogens is 2. The fourth-order valence-corrected chi connectivity index (χ4v) is 4.34. The zero-order valence-corrected chi connectivity index (χ0v) is 20.0. The molecular formula is C23H24BClFN5O4. The first-order valence-corrected chi connectivity index (χ1v) is 11.4. The molecule has 2 atom stereocenters. The summed E-state index contributed by atoms with van der Waals surface area (Å²) in [5.74, 6) is 0.506. The number of likely N-dealkylation sites (N-methyl/N-ethyl adjacent to an activating group) is 1. The molecule has 0 saturated carbocycles. The highest BCUT2D eigenvalue weighted by Crippen LogP contribution is 2.37. The summed E-state index contributed by atoms with van der Waals surface area (Å²) in [7, 11) is 3.27. The van der Waals surface area contributed by atoms with Crippen LogP contribution in [-0.4, -0.2) is 67.1 Å². The molecule has 182 valence electrons. The van der Waals surface area contributed by atoms with Gasteiger partial charge >= 0.3 is 0 Å². The van der Waals surface area contributed by atoms with E-state index in [1.54, 1.807) is 31.3 Å². The third-order valence-corrected chi connectivity index (χ3v) is 6.23. The molecule has 1 amide bonds. The summed E-state index contributed by atoms with van der Waals surface area (Å²) in [5.41, 5.74) is 0.741. The first-order valence-electron chi connectivity index (χ1n) is 11.0. The minimum atomic E-state index is -0.590. The number of anilines is 2. The topological polar surface area (TPSA) is 106 Å². The molecule has 0 bridgehead atoms. The predicted octanol–water partition coefficient (Wildman–Crippen LogP) is 2.67. The van der Waals surface area contributed by atoms with Crippen LogP contribution in [0.15, 0.2) is 36.7 Å². The maximum absolute atomic E-state index is 14.5. The molecule has 1 aliphatic rings. The van der Waals surface area contributed by atoms with Crippen LogP contribution in [0, 0.1) is 5.82 Å². The molecule has 1 saturated heterocycles. The van der Waals surface area contributed by atoms with Gasteiger partial charge in [0.25, 0.3) is 7.41 Å². The zero-order chi connectivity index (χ0) is 24.9. The average Bonchev–Trinajstić information content (AvgIpc) is 2.87. The summed E-state index contributed by atoms with van der Waals surface area (Å²) >= 11 is 5.91. The van der Waals surface area contributed by atoms with E-state index in [-0.39, 0.29) is 30.1 Å². The monoisotopic (exact) mass is 499 g/mol. The summed E-state index contributed by atoms with van der Waals surface area (Å²) in [4.78, 5) is 33.8. The number of piperidine rings is 1. The summed E-state index contributed by atoms with van der Waals surface area (Å²) in [6, 6.07) is 7.61. The number of benzene rings is 2. The first kappa shape index (κ1) is 24.7. The highest BCUT2D eigenvalue weighted by Gasteiger charge is 2.34. The Balaban J connectivity index is 1.64. The van der Waals surface area contributed by atoms with Crippen LogP contribution in [0.1, 0.15) is 12.8 Å². The number of nitrogens with zero attached hydrogens (tertiary/aromatic N) is 3. The second-order valence-electron chi connectivity index (χ2n) is 8.02. The van der Waals surface area contributed by atoms with Gasteiger partial charge in [0, 0.05) is 24.9 Å². The van der Waals surface area contributed by atoms with Crippen molar-refractivity contribution in [3.63, 3.8) is 0 Å². The molecule has 1 aromatic heterocycles. The number of methoxy groups -OCH3 is 1. The van der Waals surface area contributed by atoms with E-state index in [1.165, 1.54) is 19.5 Å².